The molecule has 0 aliphatic carbocycles. The summed E-state index contributed by atoms with van der Waals surface area (Å²) in [6.07, 6.45) is 12.5. The van der Waals surface area contributed by atoms with Gasteiger partial charge >= 0.3 is 29.8 Å². The van der Waals surface area contributed by atoms with Gasteiger partial charge in [-0.25, -0.2) is 19.2 Å². The first-order valence-corrected chi connectivity index (χ1v) is 23.5. The third-order valence-corrected chi connectivity index (χ3v) is 10.5. The van der Waals surface area contributed by atoms with Crippen molar-refractivity contribution in [3.05, 3.63) is 0 Å². The summed E-state index contributed by atoms with van der Waals surface area (Å²) in [7, 11) is 0. The van der Waals surface area contributed by atoms with Crippen LogP contribution in [0.4, 0.5) is 0 Å². The summed E-state index contributed by atoms with van der Waals surface area (Å²) >= 11 is 0. The number of nitrogens with one attached hydrogen (secondary N) is 5. The lowest BCUT2D eigenvalue weighted by Crippen LogP contribution is -2.45. The van der Waals surface area contributed by atoms with E-state index in [1.807, 2.05) is 0 Å². The van der Waals surface area contributed by atoms with Crippen molar-refractivity contribution in [1.82, 2.24) is 26.6 Å². The fourth-order valence-corrected chi connectivity index (χ4v) is 6.66. The molecular formula is C45H75N5O18. The standard InChI is InChI=1S/C45H75N5O18/c1-31(51)18-19-32(42(59)60)48-38(54)25-22-35(45(65)66)50-40(56)30-68-29-28-67-27-26-46-36(52)23-20-33(43(61)62)49-39(55)24-21-34(44(63)64)47-37(53)16-14-12-10-8-6-4-2-3-5-7-9-11-13-15-17-41(57)58/h32-35H,2-30H2,1H3,(H,46,52)(H,47,53)(H,48,54)(H,49,55)(H,50,56)(H,57,58)(H,59,60)(H,61,62)(H,63,64)(H,65,66)/t32-,33?,34-,35?/m0/s1. The minimum atomic E-state index is -1.47. The highest BCUT2D eigenvalue weighted by atomic mass is 16.5. The van der Waals surface area contributed by atoms with Gasteiger partial charge in [-0.1, -0.05) is 77.0 Å². The maximum Gasteiger partial charge on any atom is 0.326 e. The highest BCUT2D eigenvalue weighted by Gasteiger charge is 2.26. The molecule has 388 valence electrons. The van der Waals surface area contributed by atoms with Crippen LogP contribution in [0.25, 0.3) is 0 Å². The van der Waals surface area contributed by atoms with Crippen LogP contribution in [0.2, 0.25) is 0 Å². The van der Waals surface area contributed by atoms with E-state index in [0.717, 1.165) is 57.8 Å². The second-order valence-electron chi connectivity index (χ2n) is 16.5. The first kappa shape index (κ1) is 62.3. The molecule has 0 aromatic rings. The maximum absolute atomic E-state index is 12.5. The number of ketones is 1. The van der Waals surface area contributed by atoms with Crippen molar-refractivity contribution >= 4 is 65.2 Å². The van der Waals surface area contributed by atoms with Crippen LogP contribution in [0.3, 0.4) is 0 Å². The summed E-state index contributed by atoms with van der Waals surface area (Å²) in [5.41, 5.74) is 0. The number of carboxylic acid groups (broad SMARTS) is 5. The normalized spacial score (nSPS) is 12.7. The molecule has 0 spiro atoms. The predicted molar refractivity (Wildman–Crippen MR) is 242 cm³/mol. The Morgan fingerprint density at radius 3 is 1.07 bits per heavy atom. The van der Waals surface area contributed by atoms with Crippen molar-refractivity contribution in [2.75, 3.05) is 33.0 Å². The van der Waals surface area contributed by atoms with Crippen molar-refractivity contribution in [3.8, 4) is 0 Å². The molecule has 0 rings (SSSR count). The zero-order valence-corrected chi connectivity index (χ0v) is 39.4. The van der Waals surface area contributed by atoms with Gasteiger partial charge in [0.1, 0.15) is 36.6 Å². The Morgan fingerprint density at radius 2 is 0.691 bits per heavy atom. The number of hydrogen-bond donors (Lipinski definition) is 10. The van der Waals surface area contributed by atoms with E-state index in [0.29, 0.717) is 6.42 Å². The molecule has 4 atom stereocenters. The maximum atomic E-state index is 12.5. The fourth-order valence-electron chi connectivity index (χ4n) is 6.66. The van der Waals surface area contributed by atoms with Gasteiger partial charge in [0.25, 0.3) is 0 Å². The molecule has 23 heteroatoms. The van der Waals surface area contributed by atoms with Gasteiger partial charge in [-0.15, -0.1) is 0 Å². The van der Waals surface area contributed by atoms with Gasteiger partial charge in [0.05, 0.1) is 19.8 Å². The highest BCUT2D eigenvalue weighted by molar-refractivity contribution is 5.88. The van der Waals surface area contributed by atoms with E-state index in [2.05, 4.69) is 26.6 Å². The predicted octanol–water partition coefficient (Wildman–Crippen LogP) is 2.45. The molecule has 0 saturated heterocycles. The zero-order chi connectivity index (χ0) is 51.1. The summed E-state index contributed by atoms with van der Waals surface area (Å²) in [6, 6.07) is -5.60. The first-order chi connectivity index (χ1) is 32.3. The monoisotopic (exact) mass is 974 g/mol. The largest absolute Gasteiger partial charge is 0.481 e. The Labute approximate surface area is 397 Å². The molecule has 0 aliphatic heterocycles. The van der Waals surface area contributed by atoms with Crippen LogP contribution < -0.4 is 26.6 Å². The summed E-state index contributed by atoms with van der Waals surface area (Å²) in [6.45, 7) is 0.632. The third-order valence-electron chi connectivity index (χ3n) is 10.5. The average molecular weight is 974 g/mol. The number of carboxylic acids is 5. The van der Waals surface area contributed by atoms with Crippen molar-refractivity contribution in [3.63, 3.8) is 0 Å². The van der Waals surface area contributed by atoms with E-state index >= 15 is 0 Å². The number of unbranched alkanes of at least 4 members (excludes halogenated alkanes) is 13. The molecule has 0 fully saturated rings. The van der Waals surface area contributed by atoms with E-state index in [-0.39, 0.29) is 89.9 Å². The second-order valence-corrected chi connectivity index (χ2v) is 16.5. The number of amides is 5. The quantitative estimate of drug-likeness (QED) is 0.0392. The van der Waals surface area contributed by atoms with Gasteiger partial charge in [0.15, 0.2) is 0 Å². The molecule has 10 N–H and O–H groups in total. The highest BCUT2D eigenvalue weighted by Crippen LogP contribution is 2.14. The number of carbonyl (C=O) groups excluding carboxylic acids is 6. The van der Waals surface area contributed by atoms with E-state index in [1.54, 1.807) is 0 Å². The van der Waals surface area contributed by atoms with Crippen LogP contribution in [0.1, 0.15) is 161 Å². The molecule has 23 nitrogen and oxygen atoms in total. The summed E-state index contributed by atoms with van der Waals surface area (Å²) in [4.78, 5) is 130. The average Bonchev–Trinajstić information content (AvgIpc) is 3.26. The van der Waals surface area contributed by atoms with Gasteiger partial charge in [-0.05, 0) is 45.4 Å². The van der Waals surface area contributed by atoms with Crippen molar-refractivity contribution in [2.45, 2.75) is 185 Å². The molecule has 0 aliphatic rings. The molecule has 2 unspecified atom stereocenters. The lowest BCUT2D eigenvalue weighted by molar-refractivity contribution is -0.144. The molecule has 0 aromatic carbocycles. The number of Topliss-reactive ketones (excluding diaryl/α,β-unsaturated/α-hetero) is 1. The summed E-state index contributed by atoms with van der Waals surface area (Å²) in [5, 5.41) is 58.0. The number of ether oxygens (including phenoxy) is 2. The SMILES string of the molecule is CC(=O)CC[C@H](NC(=O)CCC(NC(=O)COCCOCCNC(=O)CCC(NC(=O)CC[C@H](NC(=O)CCCCCCCCCCCCCCCCC(=O)O)C(=O)O)C(=O)O)C(=O)O)C(=O)O. The summed E-state index contributed by atoms with van der Waals surface area (Å²) < 4.78 is 10.4. The fraction of sp³-hybridized carbons (Fsp3) is 0.756. The van der Waals surface area contributed by atoms with Gasteiger partial charge in [0, 0.05) is 45.1 Å². The molecule has 0 aromatic heterocycles. The van der Waals surface area contributed by atoms with E-state index in [4.69, 9.17) is 14.6 Å². The Kier molecular flexibility index (Phi) is 36.0. The van der Waals surface area contributed by atoms with Gasteiger partial charge < -0.3 is 66.4 Å². The molecule has 0 saturated carbocycles. The number of hydrogen-bond acceptors (Lipinski definition) is 13. The number of carbonyl (C=O) groups is 11. The second kappa shape index (κ2) is 39.3. The Bertz CT molecular complexity index is 1590. The smallest absolute Gasteiger partial charge is 0.326 e. The van der Waals surface area contributed by atoms with Gasteiger partial charge in [-0.3, -0.25) is 28.8 Å². The van der Waals surface area contributed by atoms with E-state index < -0.39 is 96.6 Å². The van der Waals surface area contributed by atoms with Crippen LogP contribution in [0.15, 0.2) is 0 Å². The van der Waals surface area contributed by atoms with E-state index in [9.17, 15) is 73.2 Å². The molecule has 68 heavy (non-hydrogen) atoms. The van der Waals surface area contributed by atoms with E-state index in [1.165, 1.54) is 32.6 Å². The molecule has 0 bridgehead atoms. The Morgan fingerprint density at radius 1 is 0.368 bits per heavy atom. The first-order valence-electron chi connectivity index (χ1n) is 23.5. The van der Waals surface area contributed by atoms with Crippen LogP contribution >= 0.6 is 0 Å². The molecule has 0 radical (unpaired) electrons. The minimum absolute atomic E-state index is 0.00625. The van der Waals surface area contributed by atoms with Crippen molar-refractivity contribution in [1.29, 1.82) is 0 Å². The summed E-state index contributed by atoms with van der Waals surface area (Å²) in [5.74, 6) is -9.89. The lowest BCUT2D eigenvalue weighted by atomic mass is 10.0. The Hall–Kier alpha value is -5.71. The van der Waals surface area contributed by atoms with Crippen molar-refractivity contribution in [2.24, 2.45) is 0 Å². The van der Waals surface area contributed by atoms with Crippen LogP contribution in [0, 0.1) is 0 Å². The van der Waals surface area contributed by atoms with Crippen LogP contribution in [0.5, 0.6) is 0 Å². The van der Waals surface area contributed by atoms with Crippen LogP contribution in [-0.4, -0.2) is 148 Å². The number of rotatable bonds is 45. The molecular weight excluding hydrogens is 899 g/mol. The topological polar surface area (TPSA) is 368 Å². The number of aliphatic carboxylic acids is 5. The van der Waals surface area contributed by atoms with Crippen molar-refractivity contribution < 1.29 is 87.7 Å². The van der Waals surface area contributed by atoms with Crippen LogP contribution in [-0.2, 0) is 62.2 Å². The van der Waals surface area contributed by atoms with Gasteiger partial charge in [-0.2, -0.15) is 0 Å². The zero-order valence-electron chi connectivity index (χ0n) is 39.4. The molecule has 0 heterocycles. The Balaban J connectivity index is 4.23. The third kappa shape index (κ3) is 36.4. The molecule has 5 amide bonds. The minimum Gasteiger partial charge on any atom is -0.481 e. The van der Waals surface area contributed by atoms with Gasteiger partial charge in [0.2, 0.25) is 29.5 Å². The lowest BCUT2D eigenvalue weighted by Gasteiger charge is -2.17.